The summed E-state index contributed by atoms with van der Waals surface area (Å²) in [5.74, 6) is 0.688. The highest BCUT2D eigenvalue weighted by Crippen LogP contribution is 2.40. The molecule has 0 bridgehead atoms. The number of piperidine rings is 1. The van der Waals surface area contributed by atoms with Crippen molar-refractivity contribution in [3.8, 4) is 0 Å². The van der Waals surface area contributed by atoms with E-state index in [0.29, 0.717) is 12.0 Å². The maximum Gasteiger partial charge on any atom is 0.254 e. The topological polar surface area (TPSA) is 45.2 Å². The van der Waals surface area contributed by atoms with Gasteiger partial charge in [0.05, 0.1) is 11.1 Å². The van der Waals surface area contributed by atoms with Gasteiger partial charge in [0.25, 0.3) is 5.91 Å². The molecule has 1 aliphatic heterocycles. The molecule has 26 heavy (non-hydrogen) atoms. The zero-order valence-electron chi connectivity index (χ0n) is 15.3. The van der Waals surface area contributed by atoms with Crippen molar-refractivity contribution in [3.05, 3.63) is 41.1 Å². The van der Waals surface area contributed by atoms with E-state index in [1.165, 1.54) is 18.4 Å². The SMILES string of the molecule is Cc1ccc2nc(C3CC3)cc(C(=O)N(C)C3CCNCC3)c2c1.Cl.Cl. The van der Waals surface area contributed by atoms with Crippen molar-refractivity contribution in [3.63, 3.8) is 0 Å². The van der Waals surface area contributed by atoms with Crippen molar-refractivity contribution in [1.29, 1.82) is 0 Å². The normalized spacial score (nSPS) is 17.3. The lowest BCUT2D eigenvalue weighted by molar-refractivity contribution is 0.0705. The Hall–Kier alpha value is -1.36. The van der Waals surface area contributed by atoms with Gasteiger partial charge in [-0.2, -0.15) is 0 Å². The van der Waals surface area contributed by atoms with Crippen LogP contribution in [0.1, 0.15) is 53.2 Å². The monoisotopic (exact) mass is 395 g/mol. The maximum absolute atomic E-state index is 13.2. The van der Waals surface area contributed by atoms with Crippen LogP contribution in [0.2, 0.25) is 0 Å². The van der Waals surface area contributed by atoms with Gasteiger partial charge >= 0.3 is 0 Å². The van der Waals surface area contributed by atoms with E-state index in [0.717, 1.165) is 48.1 Å². The summed E-state index contributed by atoms with van der Waals surface area (Å²) in [7, 11) is 1.96. The Morgan fingerprint density at radius 1 is 1.12 bits per heavy atom. The molecule has 2 aromatic rings. The first-order chi connectivity index (χ1) is 11.6. The zero-order chi connectivity index (χ0) is 16.7. The Balaban J connectivity index is 0.00000121. The van der Waals surface area contributed by atoms with Gasteiger partial charge in [-0.1, -0.05) is 11.6 Å². The molecule has 0 unspecified atom stereocenters. The Kier molecular flexibility index (Phi) is 6.89. The molecule has 1 saturated carbocycles. The smallest absolute Gasteiger partial charge is 0.254 e. The second kappa shape index (κ2) is 8.55. The van der Waals surface area contributed by atoms with Gasteiger partial charge < -0.3 is 10.2 Å². The first kappa shape index (κ1) is 20.9. The first-order valence-electron chi connectivity index (χ1n) is 9.02. The molecule has 1 amide bonds. The zero-order valence-corrected chi connectivity index (χ0v) is 17.0. The molecule has 2 aliphatic rings. The van der Waals surface area contributed by atoms with Crippen LogP contribution in [0.4, 0.5) is 0 Å². The lowest BCUT2D eigenvalue weighted by Gasteiger charge is -2.32. The third-order valence-electron chi connectivity index (χ3n) is 5.39. The minimum Gasteiger partial charge on any atom is -0.339 e. The van der Waals surface area contributed by atoms with Gasteiger partial charge in [0.1, 0.15) is 0 Å². The summed E-state index contributed by atoms with van der Waals surface area (Å²) in [5, 5.41) is 4.36. The molecule has 0 spiro atoms. The quantitative estimate of drug-likeness (QED) is 0.850. The number of nitrogens with zero attached hydrogens (tertiary/aromatic N) is 2. The molecular weight excluding hydrogens is 369 g/mol. The average Bonchev–Trinajstić information content (AvgIpc) is 3.45. The van der Waals surface area contributed by atoms with Crippen LogP contribution in [0.5, 0.6) is 0 Å². The molecule has 4 rings (SSSR count). The number of carbonyl (C=O) groups is 1. The molecule has 4 nitrogen and oxygen atoms in total. The predicted molar refractivity (Wildman–Crippen MR) is 111 cm³/mol. The van der Waals surface area contributed by atoms with Crippen molar-refractivity contribution in [2.75, 3.05) is 20.1 Å². The molecule has 1 aromatic heterocycles. The molecule has 0 radical (unpaired) electrons. The van der Waals surface area contributed by atoms with Crippen LogP contribution < -0.4 is 5.32 Å². The van der Waals surface area contributed by atoms with Gasteiger partial charge in [-0.05, 0) is 63.9 Å². The van der Waals surface area contributed by atoms with E-state index >= 15 is 0 Å². The second-order valence-electron chi connectivity index (χ2n) is 7.29. The average molecular weight is 396 g/mol. The van der Waals surface area contributed by atoms with Gasteiger partial charge in [0.15, 0.2) is 0 Å². The summed E-state index contributed by atoms with van der Waals surface area (Å²) in [4.78, 5) is 20.0. The van der Waals surface area contributed by atoms with Gasteiger partial charge in [-0.3, -0.25) is 9.78 Å². The van der Waals surface area contributed by atoms with Crippen molar-refractivity contribution < 1.29 is 4.79 Å². The fourth-order valence-corrected chi connectivity index (χ4v) is 3.68. The number of halogens is 2. The second-order valence-corrected chi connectivity index (χ2v) is 7.29. The molecular formula is C20H27Cl2N3O. The number of pyridine rings is 1. The number of hydrogen-bond acceptors (Lipinski definition) is 3. The summed E-state index contributed by atoms with van der Waals surface area (Å²) >= 11 is 0. The summed E-state index contributed by atoms with van der Waals surface area (Å²) in [6, 6.07) is 8.62. The summed E-state index contributed by atoms with van der Waals surface area (Å²) in [5.41, 5.74) is 4.04. The summed E-state index contributed by atoms with van der Waals surface area (Å²) in [6.07, 6.45) is 4.45. The number of benzene rings is 1. The molecule has 1 saturated heterocycles. The summed E-state index contributed by atoms with van der Waals surface area (Å²) < 4.78 is 0. The third-order valence-corrected chi connectivity index (χ3v) is 5.39. The lowest BCUT2D eigenvalue weighted by atomic mass is 10.0. The van der Waals surface area contributed by atoms with Crippen molar-refractivity contribution in [2.24, 2.45) is 0 Å². The van der Waals surface area contributed by atoms with Gasteiger partial charge in [-0.25, -0.2) is 0 Å². The molecule has 2 heterocycles. The van der Waals surface area contributed by atoms with E-state index in [1.807, 2.05) is 11.9 Å². The van der Waals surface area contributed by atoms with Gasteiger partial charge in [0.2, 0.25) is 0 Å². The summed E-state index contributed by atoms with van der Waals surface area (Å²) in [6.45, 7) is 4.05. The number of fused-ring (bicyclic) bond motifs is 1. The highest BCUT2D eigenvalue weighted by atomic mass is 35.5. The number of carbonyl (C=O) groups excluding carboxylic acids is 1. The standard InChI is InChI=1S/C20H25N3O.2ClH/c1-13-3-6-18-16(11-13)17(12-19(22-18)14-4-5-14)20(24)23(2)15-7-9-21-10-8-15;;/h3,6,11-12,14-15,21H,4-5,7-10H2,1-2H3;2*1H. The molecule has 6 heteroatoms. The fraction of sp³-hybridized carbons (Fsp3) is 0.500. The van der Waals surface area contributed by atoms with Crippen LogP contribution in [0.25, 0.3) is 10.9 Å². The van der Waals surface area contributed by atoms with Crippen LogP contribution in [-0.4, -0.2) is 42.0 Å². The Morgan fingerprint density at radius 2 is 1.81 bits per heavy atom. The number of amides is 1. The van der Waals surface area contributed by atoms with E-state index in [1.54, 1.807) is 0 Å². The maximum atomic E-state index is 13.2. The van der Waals surface area contributed by atoms with Crippen molar-refractivity contribution in [2.45, 2.75) is 44.6 Å². The molecule has 142 valence electrons. The van der Waals surface area contributed by atoms with E-state index < -0.39 is 0 Å². The van der Waals surface area contributed by atoms with E-state index in [4.69, 9.17) is 4.98 Å². The highest BCUT2D eigenvalue weighted by Gasteiger charge is 2.29. The minimum absolute atomic E-state index is 0. The van der Waals surface area contributed by atoms with Crippen LogP contribution >= 0.6 is 24.8 Å². The largest absolute Gasteiger partial charge is 0.339 e. The van der Waals surface area contributed by atoms with Crippen LogP contribution in [0.3, 0.4) is 0 Å². The number of rotatable bonds is 3. The number of nitrogens with one attached hydrogen (secondary N) is 1. The van der Waals surface area contributed by atoms with E-state index in [2.05, 4.69) is 36.5 Å². The van der Waals surface area contributed by atoms with Crippen molar-refractivity contribution >= 4 is 41.6 Å². The number of hydrogen-bond donors (Lipinski definition) is 1. The third kappa shape index (κ3) is 4.13. The predicted octanol–water partition coefficient (Wildman–Crippen LogP) is 4.09. The van der Waals surface area contributed by atoms with Crippen molar-refractivity contribution in [1.82, 2.24) is 15.2 Å². The van der Waals surface area contributed by atoms with Crippen LogP contribution in [-0.2, 0) is 0 Å². The first-order valence-corrected chi connectivity index (χ1v) is 9.02. The Labute approximate surface area is 167 Å². The van der Waals surface area contributed by atoms with Crippen LogP contribution in [0, 0.1) is 6.92 Å². The number of aryl methyl sites for hydroxylation is 1. The van der Waals surface area contributed by atoms with Gasteiger partial charge in [0, 0.05) is 30.1 Å². The number of aromatic nitrogens is 1. The molecule has 2 fully saturated rings. The van der Waals surface area contributed by atoms with Crippen LogP contribution in [0.15, 0.2) is 24.3 Å². The lowest BCUT2D eigenvalue weighted by Crippen LogP contribution is -2.44. The Morgan fingerprint density at radius 3 is 2.46 bits per heavy atom. The molecule has 0 atom stereocenters. The highest BCUT2D eigenvalue weighted by molar-refractivity contribution is 6.06. The fourth-order valence-electron chi connectivity index (χ4n) is 3.68. The van der Waals surface area contributed by atoms with Gasteiger partial charge in [-0.15, -0.1) is 24.8 Å². The Bertz CT molecular complexity index is 786. The van der Waals surface area contributed by atoms with E-state index in [9.17, 15) is 4.79 Å². The molecule has 1 N–H and O–H groups in total. The molecule has 1 aromatic carbocycles. The minimum atomic E-state index is 0. The van der Waals surface area contributed by atoms with E-state index in [-0.39, 0.29) is 30.7 Å². The molecule has 1 aliphatic carbocycles.